The second kappa shape index (κ2) is 8.46. The fourth-order valence-electron chi connectivity index (χ4n) is 2.88. The van der Waals surface area contributed by atoms with Crippen LogP contribution in [0.5, 0.6) is 5.75 Å². The fraction of sp³-hybridized carbons (Fsp3) is 0.333. The smallest absolute Gasteiger partial charge is 0.416 e. The molecular weight excluding hydrogens is 369 g/mol. The number of carbonyl (C=O) groups excluding carboxylic acids is 1. The molecule has 2 aromatic rings. The van der Waals surface area contributed by atoms with Gasteiger partial charge in [0.15, 0.2) is 6.10 Å². The Morgan fingerprint density at radius 2 is 1.93 bits per heavy atom. The lowest BCUT2D eigenvalue weighted by Crippen LogP contribution is -2.38. The van der Waals surface area contributed by atoms with Crippen molar-refractivity contribution in [2.75, 3.05) is 0 Å². The number of nitrogens with zero attached hydrogens (tertiary/aromatic N) is 1. The number of hydrogen-bond acceptors (Lipinski definition) is 3. The summed E-state index contributed by atoms with van der Waals surface area (Å²) < 4.78 is 45.8. The number of aliphatic imine (C=N–C) groups is 1. The van der Waals surface area contributed by atoms with E-state index in [1.807, 2.05) is 37.3 Å². The average Bonchev–Trinajstić information content (AvgIpc) is 3.51. The molecule has 7 heteroatoms. The predicted molar refractivity (Wildman–Crippen MR) is 100 cm³/mol. The van der Waals surface area contributed by atoms with Gasteiger partial charge in [-0.3, -0.25) is 9.79 Å². The maximum absolute atomic E-state index is 13.4. The Hall–Kier alpha value is -2.83. The van der Waals surface area contributed by atoms with E-state index in [1.54, 1.807) is 0 Å². The predicted octanol–water partition coefficient (Wildman–Crippen LogP) is 4.69. The minimum atomic E-state index is -4.52. The first kappa shape index (κ1) is 19.9. The van der Waals surface area contributed by atoms with E-state index in [2.05, 4.69) is 10.3 Å². The summed E-state index contributed by atoms with van der Waals surface area (Å²) in [5.41, 5.74) is 0.243. The maximum Gasteiger partial charge on any atom is 0.416 e. The highest BCUT2D eigenvalue weighted by Crippen LogP contribution is 2.40. The van der Waals surface area contributed by atoms with Gasteiger partial charge in [0, 0.05) is 12.8 Å². The first-order valence-corrected chi connectivity index (χ1v) is 9.11. The minimum Gasteiger partial charge on any atom is -0.481 e. The second-order valence-electron chi connectivity index (χ2n) is 6.59. The van der Waals surface area contributed by atoms with Crippen LogP contribution in [0.2, 0.25) is 0 Å². The standard InChI is InChI=1S/C21H21F3N2O2/c1-2-6-19(20(27)26-12-14-7-4-3-5-8-14)28-15-9-10-16(18-13-25-18)17(11-15)21(22,23)24/h3-5,7-11,13,18-19H,2,6,12H2,1H3,(H,26,27)/t18?,19-/m1/s1. The van der Waals surface area contributed by atoms with Crippen molar-refractivity contribution in [1.29, 1.82) is 0 Å². The molecule has 1 aliphatic rings. The van der Waals surface area contributed by atoms with E-state index in [4.69, 9.17) is 4.74 Å². The average molecular weight is 390 g/mol. The van der Waals surface area contributed by atoms with Crippen LogP contribution in [0.4, 0.5) is 13.2 Å². The van der Waals surface area contributed by atoms with Gasteiger partial charge in [0.05, 0.1) is 5.56 Å². The van der Waals surface area contributed by atoms with Gasteiger partial charge in [0.25, 0.3) is 5.91 Å². The van der Waals surface area contributed by atoms with Crippen LogP contribution in [0, 0.1) is 0 Å². The van der Waals surface area contributed by atoms with Crippen LogP contribution in [0.1, 0.15) is 42.5 Å². The zero-order chi connectivity index (χ0) is 20.1. The third kappa shape index (κ3) is 5.12. The van der Waals surface area contributed by atoms with E-state index in [9.17, 15) is 18.0 Å². The van der Waals surface area contributed by atoms with Gasteiger partial charge in [-0.25, -0.2) is 0 Å². The normalized spacial score (nSPS) is 16.5. The molecule has 1 unspecified atom stereocenters. The third-order valence-electron chi connectivity index (χ3n) is 4.38. The molecule has 0 aromatic heterocycles. The first-order chi connectivity index (χ1) is 13.4. The van der Waals surface area contributed by atoms with Crippen LogP contribution in [0.3, 0.4) is 0 Å². The molecule has 0 bridgehead atoms. The Bertz CT molecular complexity index is 844. The molecule has 0 saturated heterocycles. The number of alkyl halides is 3. The van der Waals surface area contributed by atoms with E-state index in [0.29, 0.717) is 19.4 Å². The second-order valence-corrected chi connectivity index (χ2v) is 6.59. The number of halogens is 3. The molecule has 0 fully saturated rings. The van der Waals surface area contributed by atoms with Gasteiger partial charge in [-0.2, -0.15) is 13.2 Å². The maximum atomic E-state index is 13.4. The Morgan fingerprint density at radius 1 is 1.21 bits per heavy atom. The van der Waals surface area contributed by atoms with E-state index in [-0.39, 0.29) is 17.2 Å². The number of nitrogens with one attached hydrogen (secondary N) is 1. The first-order valence-electron chi connectivity index (χ1n) is 9.11. The van der Waals surface area contributed by atoms with E-state index < -0.39 is 23.9 Å². The van der Waals surface area contributed by atoms with Gasteiger partial charge in [0.1, 0.15) is 11.8 Å². The highest BCUT2D eigenvalue weighted by atomic mass is 19.4. The van der Waals surface area contributed by atoms with Crippen molar-refractivity contribution in [3.05, 3.63) is 65.2 Å². The lowest BCUT2D eigenvalue weighted by atomic mass is 10.0. The van der Waals surface area contributed by atoms with Crippen molar-refractivity contribution in [3.63, 3.8) is 0 Å². The van der Waals surface area contributed by atoms with Crippen molar-refractivity contribution in [1.82, 2.24) is 5.32 Å². The van der Waals surface area contributed by atoms with Gasteiger partial charge < -0.3 is 10.1 Å². The molecule has 28 heavy (non-hydrogen) atoms. The summed E-state index contributed by atoms with van der Waals surface area (Å²) in [7, 11) is 0. The zero-order valence-electron chi connectivity index (χ0n) is 15.4. The molecule has 148 valence electrons. The summed E-state index contributed by atoms with van der Waals surface area (Å²) in [5, 5.41) is 2.78. The summed E-state index contributed by atoms with van der Waals surface area (Å²) in [4.78, 5) is 16.3. The summed E-state index contributed by atoms with van der Waals surface area (Å²) in [5.74, 6) is -0.334. The number of hydrogen-bond donors (Lipinski definition) is 1. The van der Waals surface area contributed by atoms with Crippen LogP contribution in [-0.2, 0) is 17.5 Å². The highest BCUT2D eigenvalue weighted by Gasteiger charge is 2.37. The quantitative estimate of drug-likeness (QED) is 0.711. The van der Waals surface area contributed by atoms with Crippen molar-refractivity contribution in [2.45, 2.75) is 44.6 Å². The van der Waals surface area contributed by atoms with Crippen molar-refractivity contribution in [2.24, 2.45) is 4.99 Å². The number of ether oxygens (including phenoxy) is 1. The molecule has 0 aliphatic carbocycles. The molecule has 4 nitrogen and oxygen atoms in total. The Morgan fingerprint density at radius 3 is 2.54 bits per heavy atom. The molecule has 1 N–H and O–H groups in total. The van der Waals surface area contributed by atoms with Crippen molar-refractivity contribution in [3.8, 4) is 5.75 Å². The van der Waals surface area contributed by atoms with Gasteiger partial charge in [-0.15, -0.1) is 0 Å². The van der Waals surface area contributed by atoms with Crippen LogP contribution in [0.25, 0.3) is 0 Å². The van der Waals surface area contributed by atoms with Crippen molar-refractivity contribution < 1.29 is 22.7 Å². The molecule has 0 spiro atoms. The lowest BCUT2D eigenvalue weighted by molar-refractivity contribution is -0.138. The number of amides is 1. The van der Waals surface area contributed by atoms with Crippen LogP contribution >= 0.6 is 0 Å². The Kier molecular flexibility index (Phi) is 6.02. The SMILES string of the molecule is CCC[C@@H](Oc1ccc(C2C=N2)c(C(F)(F)F)c1)C(=O)NCc1ccccc1. The van der Waals surface area contributed by atoms with E-state index in [0.717, 1.165) is 11.6 Å². The van der Waals surface area contributed by atoms with Crippen LogP contribution < -0.4 is 10.1 Å². The van der Waals surface area contributed by atoms with Crippen LogP contribution in [-0.4, -0.2) is 18.2 Å². The van der Waals surface area contributed by atoms with Gasteiger partial charge >= 0.3 is 6.18 Å². The molecule has 2 aromatic carbocycles. The number of rotatable bonds is 8. The van der Waals surface area contributed by atoms with Gasteiger partial charge in [-0.05, 0) is 29.7 Å². The van der Waals surface area contributed by atoms with Crippen molar-refractivity contribution >= 4 is 12.1 Å². The van der Waals surface area contributed by atoms with Gasteiger partial charge in [0.2, 0.25) is 0 Å². The van der Waals surface area contributed by atoms with Gasteiger partial charge in [-0.1, -0.05) is 49.7 Å². The summed E-state index contributed by atoms with van der Waals surface area (Å²) in [6, 6.07) is 12.6. The molecule has 0 saturated carbocycles. The molecule has 1 heterocycles. The lowest BCUT2D eigenvalue weighted by Gasteiger charge is -2.20. The highest BCUT2D eigenvalue weighted by molar-refractivity contribution is 5.81. The topological polar surface area (TPSA) is 50.7 Å². The number of benzene rings is 2. The Balaban J connectivity index is 1.71. The fourth-order valence-corrected chi connectivity index (χ4v) is 2.88. The third-order valence-corrected chi connectivity index (χ3v) is 4.38. The zero-order valence-corrected chi connectivity index (χ0v) is 15.4. The van der Waals surface area contributed by atoms with E-state index >= 15 is 0 Å². The van der Waals surface area contributed by atoms with E-state index in [1.165, 1.54) is 18.3 Å². The van der Waals surface area contributed by atoms with Crippen LogP contribution in [0.15, 0.2) is 53.5 Å². The Labute approximate surface area is 161 Å². The molecule has 3 rings (SSSR count). The molecule has 1 amide bonds. The monoisotopic (exact) mass is 390 g/mol. The minimum absolute atomic E-state index is 0.0186. The summed E-state index contributed by atoms with van der Waals surface area (Å²) in [6.45, 7) is 2.21. The molecule has 2 atom stereocenters. The summed E-state index contributed by atoms with van der Waals surface area (Å²) >= 11 is 0. The largest absolute Gasteiger partial charge is 0.481 e. The summed E-state index contributed by atoms with van der Waals surface area (Å²) in [6.07, 6.45) is -2.87. The molecular formula is C21H21F3N2O2. The molecule has 1 aliphatic heterocycles. The molecule has 0 radical (unpaired) electrons. The number of carbonyl (C=O) groups is 1.